The molecule has 2 heterocycles. The Hall–Kier alpha value is -2.89. The summed E-state index contributed by atoms with van der Waals surface area (Å²) in [5.41, 5.74) is 2.67. The molecule has 0 radical (unpaired) electrons. The number of urea groups is 1. The van der Waals surface area contributed by atoms with E-state index in [1.807, 2.05) is 32.0 Å². The van der Waals surface area contributed by atoms with Gasteiger partial charge in [-0.25, -0.2) is 4.79 Å². The van der Waals surface area contributed by atoms with Crippen LogP contribution in [0.3, 0.4) is 0 Å². The molecule has 0 saturated carbocycles. The van der Waals surface area contributed by atoms with Gasteiger partial charge in [0.2, 0.25) is 0 Å². The van der Waals surface area contributed by atoms with Crippen molar-refractivity contribution in [3.63, 3.8) is 0 Å². The number of imide groups is 2. The van der Waals surface area contributed by atoms with Crippen molar-refractivity contribution in [2.75, 3.05) is 14.1 Å². The molecule has 4 amide bonds. The van der Waals surface area contributed by atoms with Gasteiger partial charge in [0.05, 0.1) is 0 Å². The van der Waals surface area contributed by atoms with Crippen molar-refractivity contribution in [3.8, 4) is 5.75 Å². The number of rotatable bonds is 0. The first-order valence-corrected chi connectivity index (χ1v) is 7.12. The Morgan fingerprint density at radius 1 is 0.957 bits per heavy atom. The molecule has 6 heteroatoms. The van der Waals surface area contributed by atoms with Crippen LogP contribution in [0.15, 0.2) is 35.6 Å². The van der Waals surface area contributed by atoms with Crippen LogP contribution in [-0.2, 0) is 9.59 Å². The zero-order valence-corrected chi connectivity index (χ0v) is 13.3. The summed E-state index contributed by atoms with van der Waals surface area (Å²) in [5, 5.41) is 0. The van der Waals surface area contributed by atoms with Crippen molar-refractivity contribution in [3.05, 3.63) is 46.7 Å². The summed E-state index contributed by atoms with van der Waals surface area (Å²) in [6.45, 7) is 3.81. The number of fused-ring (bicyclic) bond motifs is 1. The Kier molecular flexibility index (Phi) is 3.32. The lowest BCUT2D eigenvalue weighted by atomic mass is 9.99. The molecule has 118 valence electrons. The van der Waals surface area contributed by atoms with Gasteiger partial charge in [-0.2, -0.15) is 0 Å². The lowest BCUT2D eigenvalue weighted by Gasteiger charge is -2.30. The van der Waals surface area contributed by atoms with Crippen LogP contribution in [0.2, 0.25) is 0 Å². The van der Waals surface area contributed by atoms with Gasteiger partial charge in [0.25, 0.3) is 11.8 Å². The zero-order valence-electron chi connectivity index (χ0n) is 13.3. The van der Waals surface area contributed by atoms with Crippen molar-refractivity contribution in [1.82, 2.24) is 9.80 Å². The predicted molar refractivity (Wildman–Crippen MR) is 83.4 cm³/mol. The van der Waals surface area contributed by atoms with Gasteiger partial charge >= 0.3 is 6.03 Å². The van der Waals surface area contributed by atoms with E-state index in [9.17, 15) is 14.4 Å². The monoisotopic (exact) mass is 312 g/mol. The predicted octanol–water partition coefficient (Wildman–Crippen LogP) is 2.10. The van der Waals surface area contributed by atoms with Gasteiger partial charge in [0, 0.05) is 19.7 Å². The highest BCUT2D eigenvalue weighted by molar-refractivity contribution is 6.29. The second-order valence-corrected chi connectivity index (χ2v) is 5.68. The van der Waals surface area contributed by atoms with Crippen LogP contribution in [0, 0.1) is 6.92 Å². The average molecular weight is 312 g/mol. The maximum Gasteiger partial charge on any atom is 0.333 e. The molecule has 1 saturated heterocycles. The van der Waals surface area contributed by atoms with E-state index >= 15 is 0 Å². The number of nitrogens with zero attached hydrogens (tertiary/aromatic N) is 2. The van der Waals surface area contributed by atoms with Crippen molar-refractivity contribution in [2.45, 2.75) is 13.8 Å². The zero-order chi connectivity index (χ0) is 16.9. The van der Waals surface area contributed by atoms with Crippen LogP contribution in [0.4, 0.5) is 4.79 Å². The molecule has 1 fully saturated rings. The fourth-order valence-electron chi connectivity index (χ4n) is 2.62. The van der Waals surface area contributed by atoms with E-state index in [1.54, 1.807) is 6.08 Å². The van der Waals surface area contributed by atoms with Crippen LogP contribution < -0.4 is 4.74 Å². The maximum atomic E-state index is 12.4. The summed E-state index contributed by atoms with van der Waals surface area (Å²) in [6, 6.07) is 5.10. The van der Waals surface area contributed by atoms with E-state index in [0.29, 0.717) is 5.75 Å². The van der Waals surface area contributed by atoms with E-state index in [0.717, 1.165) is 26.5 Å². The number of barbiturate groups is 1. The molecule has 6 nitrogen and oxygen atoms in total. The van der Waals surface area contributed by atoms with Gasteiger partial charge in [-0.15, -0.1) is 0 Å². The SMILES string of the molecule is CC1=CC(=C2C(=O)N(C)C(=O)N(C)C2=O)Oc2cc(C)ccc21. The normalized spacial score (nSPS) is 18.1. The lowest BCUT2D eigenvalue weighted by molar-refractivity contribution is -0.134. The number of ether oxygens (including phenoxy) is 1. The van der Waals surface area contributed by atoms with Crippen molar-refractivity contribution < 1.29 is 19.1 Å². The van der Waals surface area contributed by atoms with Crippen LogP contribution in [0.25, 0.3) is 5.57 Å². The Labute approximate surface area is 133 Å². The van der Waals surface area contributed by atoms with Crippen LogP contribution in [0.5, 0.6) is 5.75 Å². The number of allylic oxidation sites excluding steroid dienone is 2. The lowest BCUT2D eigenvalue weighted by Crippen LogP contribution is -2.53. The second kappa shape index (κ2) is 5.08. The Bertz CT molecular complexity index is 794. The van der Waals surface area contributed by atoms with E-state index in [2.05, 4.69) is 0 Å². The van der Waals surface area contributed by atoms with Gasteiger partial charge in [-0.05, 0) is 37.1 Å². The van der Waals surface area contributed by atoms with Gasteiger partial charge in [-0.1, -0.05) is 12.1 Å². The molecule has 0 spiro atoms. The summed E-state index contributed by atoms with van der Waals surface area (Å²) < 4.78 is 5.79. The molecule has 1 aromatic rings. The number of carbonyl (C=O) groups excluding carboxylic acids is 3. The third-order valence-electron chi connectivity index (χ3n) is 3.99. The maximum absolute atomic E-state index is 12.4. The number of benzene rings is 1. The quantitative estimate of drug-likeness (QED) is 0.543. The molecule has 2 aliphatic rings. The van der Waals surface area contributed by atoms with Crippen LogP contribution >= 0.6 is 0 Å². The molecule has 0 bridgehead atoms. The third-order valence-corrected chi connectivity index (χ3v) is 3.99. The Morgan fingerprint density at radius 3 is 2.17 bits per heavy atom. The highest BCUT2D eigenvalue weighted by Crippen LogP contribution is 2.35. The number of aryl methyl sites for hydroxylation is 1. The van der Waals surface area contributed by atoms with Crippen molar-refractivity contribution in [1.29, 1.82) is 0 Å². The number of hydrogen-bond donors (Lipinski definition) is 0. The topological polar surface area (TPSA) is 66.9 Å². The molecular weight excluding hydrogens is 296 g/mol. The summed E-state index contributed by atoms with van der Waals surface area (Å²) in [4.78, 5) is 38.4. The first-order valence-electron chi connectivity index (χ1n) is 7.12. The number of amides is 4. The molecule has 0 aromatic heterocycles. The summed E-state index contributed by atoms with van der Waals surface area (Å²) in [5.74, 6) is -0.557. The van der Waals surface area contributed by atoms with E-state index in [1.165, 1.54) is 14.1 Å². The fourth-order valence-corrected chi connectivity index (χ4v) is 2.62. The smallest absolute Gasteiger partial charge is 0.333 e. The standard InChI is InChI=1S/C17H16N2O4/c1-9-5-6-11-10(2)8-13(23-12(11)7-9)14-15(20)18(3)17(22)19(4)16(14)21/h5-8H,1-4H3. The molecule has 0 N–H and O–H groups in total. The minimum atomic E-state index is -0.659. The van der Waals surface area contributed by atoms with Gasteiger partial charge < -0.3 is 4.74 Å². The average Bonchev–Trinajstić information content (AvgIpc) is 2.51. The van der Waals surface area contributed by atoms with E-state index in [4.69, 9.17) is 4.74 Å². The first-order chi connectivity index (χ1) is 10.8. The fraction of sp³-hybridized carbons (Fsp3) is 0.235. The van der Waals surface area contributed by atoms with Crippen LogP contribution in [-0.4, -0.2) is 41.7 Å². The number of likely N-dealkylation sites (N-methyl/N-ethyl adjacent to an activating group) is 2. The Balaban J connectivity index is 2.16. The minimum Gasteiger partial charge on any atom is -0.456 e. The van der Waals surface area contributed by atoms with Gasteiger partial charge in [0.1, 0.15) is 17.1 Å². The van der Waals surface area contributed by atoms with E-state index in [-0.39, 0.29) is 11.3 Å². The van der Waals surface area contributed by atoms with Crippen molar-refractivity contribution in [2.24, 2.45) is 0 Å². The molecule has 2 aliphatic heterocycles. The minimum absolute atomic E-state index is 0.138. The first kappa shape index (κ1) is 15.0. The van der Waals surface area contributed by atoms with E-state index < -0.39 is 17.8 Å². The van der Waals surface area contributed by atoms with Crippen molar-refractivity contribution >= 4 is 23.4 Å². The molecule has 23 heavy (non-hydrogen) atoms. The highest BCUT2D eigenvalue weighted by Gasteiger charge is 2.41. The number of carbonyl (C=O) groups is 3. The number of hydrogen-bond acceptors (Lipinski definition) is 4. The molecule has 3 rings (SSSR count). The highest BCUT2D eigenvalue weighted by atomic mass is 16.5. The molecule has 0 atom stereocenters. The summed E-state index contributed by atoms with van der Waals surface area (Å²) in [6.07, 6.45) is 1.65. The summed E-state index contributed by atoms with van der Waals surface area (Å²) in [7, 11) is 2.68. The third kappa shape index (κ3) is 2.23. The summed E-state index contributed by atoms with van der Waals surface area (Å²) >= 11 is 0. The molecule has 0 unspecified atom stereocenters. The van der Waals surface area contributed by atoms with Crippen LogP contribution in [0.1, 0.15) is 18.1 Å². The molecular formula is C17H16N2O4. The largest absolute Gasteiger partial charge is 0.456 e. The molecule has 0 aliphatic carbocycles. The van der Waals surface area contributed by atoms with Gasteiger partial charge in [0.15, 0.2) is 0 Å². The van der Waals surface area contributed by atoms with Gasteiger partial charge in [-0.3, -0.25) is 19.4 Å². The Morgan fingerprint density at radius 2 is 1.57 bits per heavy atom. The molecule has 1 aromatic carbocycles. The second-order valence-electron chi connectivity index (χ2n) is 5.68.